The zero-order valence-corrected chi connectivity index (χ0v) is 16.2. The number of hydrogen-bond acceptors (Lipinski definition) is 4. The maximum atomic E-state index is 6.30. The number of para-hydroxylation sites is 1. The Bertz CT molecular complexity index is 2010. The summed E-state index contributed by atoms with van der Waals surface area (Å²) in [5, 5.41) is 6.56. The van der Waals surface area contributed by atoms with E-state index in [1.165, 1.54) is 0 Å². The highest BCUT2D eigenvalue weighted by atomic mass is 16.3. The van der Waals surface area contributed by atoms with Crippen LogP contribution in [0.15, 0.2) is 88.1 Å². The highest BCUT2D eigenvalue weighted by Gasteiger charge is 2.18. The zero-order chi connectivity index (χ0) is 20.1. The van der Waals surface area contributed by atoms with Crippen molar-refractivity contribution in [1.29, 1.82) is 0 Å². The van der Waals surface area contributed by atoms with Crippen LogP contribution in [0.1, 0.15) is 0 Å². The van der Waals surface area contributed by atoms with E-state index in [9.17, 15) is 0 Å². The molecule has 8 rings (SSSR count). The molecule has 0 N–H and O–H groups in total. The molecule has 31 heavy (non-hydrogen) atoms. The molecule has 0 spiro atoms. The molecular formula is C26H13N3O2. The van der Waals surface area contributed by atoms with Gasteiger partial charge in [0.1, 0.15) is 27.8 Å². The summed E-state index contributed by atoms with van der Waals surface area (Å²) in [6.07, 6.45) is 5.63. The van der Waals surface area contributed by atoms with Crippen molar-refractivity contribution in [2.45, 2.75) is 0 Å². The molecule has 0 saturated carbocycles. The molecule has 3 aromatic carbocycles. The summed E-state index contributed by atoms with van der Waals surface area (Å²) < 4.78 is 14.5. The summed E-state index contributed by atoms with van der Waals surface area (Å²) >= 11 is 0. The van der Waals surface area contributed by atoms with Gasteiger partial charge in [0.15, 0.2) is 5.65 Å². The van der Waals surface area contributed by atoms with E-state index in [4.69, 9.17) is 8.83 Å². The van der Waals surface area contributed by atoms with E-state index >= 15 is 0 Å². The zero-order valence-electron chi connectivity index (χ0n) is 16.2. The van der Waals surface area contributed by atoms with E-state index in [-0.39, 0.29) is 0 Å². The van der Waals surface area contributed by atoms with Gasteiger partial charge < -0.3 is 8.83 Å². The van der Waals surface area contributed by atoms with Crippen LogP contribution in [0.4, 0.5) is 0 Å². The van der Waals surface area contributed by atoms with Crippen molar-refractivity contribution in [3.05, 3.63) is 79.3 Å². The second-order valence-corrected chi connectivity index (χ2v) is 7.90. The van der Waals surface area contributed by atoms with Crippen LogP contribution in [-0.2, 0) is 0 Å². The maximum absolute atomic E-state index is 6.30. The van der Waals surface area contributed by atoms with Crippen LogP contribution in [0.25, 0.3) is 71.3 Å². The van der Waals surface area contributed by atoms with Crippen molar-refractivity contribution >= 4 is 71.3 Å². The fraction of sp³-hybridized carbons (Fsp3) is 0. The van der Waals surface area contributed by atoms with Crippen LogP contribution in [-0.4, -0.2) is 14.4 Å². The van der Waals surface area contributed by atoms with E-state index in [2.05, 4.69) is 38.6 Å². The van der Waals surface area contributed by atoms with Crippen LogP contribution in [0.5, 0.6) is 0 Å². The molecule has 144 valence electrons. The fourth-order valence-corrected chi connectivity index (χ4v) is 5.01. The Morgan fingerprint density at radius 3 is 2.48 bits per heavy atom. The van der Waals surface area contributed by atoms with Crippen LogP contribution >= 0.6 is 0 Å². The predicted molar refractivity (Wildman–Crippen MR) is 123 cm³/mol. The number of imidazole rings is 1. The largest absolute Gasteiger partial charge is 0.456 e. The third-order valence-electron chi connectivity index (χ3n) is 6.30. The van der Waals surface area contributed by atoms with Gasteiger partial charge in [-0.15, -0.1) is 0 Å². The molecule has 0 unspecified atom stereocenters. The number of aromatic nitrogens is 3. The number of benzene rings is 3. The normalized spacial score (nSPS) is 12.5. The first kappa shape index (κ1) is 15.5. The van der Waals surface area contributed by atoms with Gasteiger partial charge in [-0.05, 0) is 30.3 Å². The van der Waals surface area contributed by atoms with Gasteiger partial charge in [0.05, 0.1) is 5.52 Å². The molecule has 0 saturated heterocycles. The van der Waals surface area contributed by atoms with E-state index in [0.717, 1.165) is 71.3 Å². The van der Waals surface area contributed by atoms with Gasteiger partial charge in [-0.1, -0.05) is 24.3 Å². The number of fused-ring (bicyclic) bond motifs is 13. The highest BCUT2D eigenvalue weighted by molar-refractivity contribution is 6.28. The van der Waals surface area contributed by atoms with Gasteiger partial charge in [0, 0.05) is 57.0 Å². The van der Waals surface area contributed by atoms with Crippen LogP contribution in [0, 0.1) is 0 Å². The quantitative estimate of drug-likeness (QED) is 0.262. The number of pyridine rings is 2. The number of furan rings is 2. The van der Waals surface area contributed by atoms with Crippen molar-refractivity contribution < 1.29 is 8.83 Å². The average molecular weight is 399 g/mol. The Labute approximate surface area is 174 Å². The van der Waals surface area contributed by atoms with Crippen molar-refractivity contribution in [1.82, 2.24) is 14.4 Å². The lowest BCUT2D eigenvalue weighted by Crippen LogP contribution is -1.92. The third-order valence-corrected chi connectivity index (χ3v) is 6.30. The molecule has 0 fully saturated rings. The minimum atomic E-state index is 0.817. The molecule has 0 radical (unpaired) electrons. The Hall–Kier alpha value is -4.38. The van der Waals surface area contributed by atoms with Gasteiger partial charge in [-0.3, -0.25) is 9.38 Å². The van der Waals surface area contributed by atoms with Gasteiger partial charge in [0.2, 0.25) is 0 Å². The second kappa shape index (κ2) is 5.21. The first-order chi connectivity index (χ1) is 15.4. The standard InChI is InChI=1S/C26H13N3O2/c1-2-6-19-14(4-1)16-12-17-22(13-21(16)30-19)31-20-8-7-18-23(24(17)20)15-5-3-9-27-25(15)26-28-10-11-29(18)26/h1-13H. The second-order valence-electron chi connectivity index (χ2n) is 7.90. The Morgan fingerprint density at radius 1 is 0.613 bits per heavy atom. The van der Waals surface area contributed by atoms with Gasteiger partial charge in [0.25, 0.3) is 0 Å². The van der Waals surface area contributed by atoms with Crippen LogP contribution < -0.4 is 0 Å². The molecule has 5 aromatic heterocycles. The summed E-state index contributed by atoms with van der Waals surface area (Å²) in [5.74, 6) is 0. The Balaban J connectivity index is 1.68. The Kier molecular flexibility index (Phi) is 2.60. The smallest absolute Gasteiger partial charge is 0.163 e. The first-order valence-corrected chi connectivity index (χ1v) is 10.2. The monoisotopic (exact) mass is 399 g/mol. The predicted octanol–water partition coefficient (Wildman–Crippen LogP) is 6.83. The molecule has 0 aliphatic rings. The molecule has 0 amide bonds. The average Bonchev–Trinajstić information content (AvgIpc) is 3.52. The van der Waals surface area contributed by atoms with Gasteiger partial charge in [-0.25, -0.2) is 4.98 Å². The molecule has 0 aliphatic carbocycles. The number of rotatable bonds is 0. The summed E-state index contributed by atoms with van der Waals surface area (Å²) in [6.45, 7) is 0. The summed E-state index contributed by atoms with van der Waals surface area (Å²) in [5.41, 5.74) is 6.21. The minimum Gasteiger partial charge on any atom is -0.456 e. The lowest BCUT2D eigenvalue weighted by molar-refractivity contribution is 0.656. The van der Waals surface area contributed by atoms with Crippen molar-refractivity contribution in [2.75, 3.05) is 0 Å². The highest BCUT2D eigenvalue weighted by Crippen LogP contribution is 2.41. The van der Waals surface area contributed by atoms with Crippen molar-refractivity contribution in [3.63, 3.8) is 0 Å². The molecule has 5 nitrogen and oxygen atoms in total. The molecule has 5 heterocycles. The molecular weight excluding hydrogens is 386 g/mol. The molecule has 0 atom stereocenters. The topological polar surface area (TPSA) is 56.5 Å². The number of hydrogen-bond donors (Lipinski definition) is 0. The van der Waals surface area contributed by atoms with Crippen molar-refractivity contribution in [3.8, 4) is 0 Å². The molecule has 0 bridgehead atoms. The first-order valence-electron chi connectivity index (χ1n) is 10.2. The summed E-state index contributed by atoms with van der Waals surface area (Å²) in [6, 6.07) is 20.6. The van der Waals surface area contributed by atoms with Crippen LogP contribution in [0.3, 0.4) is 0 Å². The molecule has 8 aromatic rings. The Morgan fingerprint density at radius 2 is 1.48 bits per heavy atom. The van der Waals surface area contributed by atoms with Gasteiger partial charge >= 0.3 is 0 Å². The summed E-state index contributed by atoms with van der Waals surface area (Å²) in [7, 11) is 0. The summed E-state index contributed by atoms with van der Waals surface area (Å²) in [4.78, 5) is 9.22. The van der Waals surface area contributed by atoms with Crippen molar-refractivity contribution in [2.24, 2.45) is 0 Å². The SMILES string of the molecule is c1ccc2c(c1)oc1cc3oc4ccc5c(c6cccnc6c6nccn56)c4c3cc12. The van der Waals surface area contributed by atoms with Crippen LogP contribution in [0.2, 0.25) is 0 Å². The van der Waals surface area contributed by atoms with E-state index in [1.807, 2.05) is 55.0 Å². The maximum Gasteiger partial charge on any atom is 0.163 e. The lowest BCUT2D eigenvalue weighted by Gasteiger charge is -2.08. The van der Waals surface area contributed by atoms with E-state index < -0.39 is 0 Å². The molecule has 0 aliphatic heterocycles. The van der Waals surface area contributed by atoms with Gasteiger partial charge in [-0.2, -0.15) is 0 Å². The third kappa shape index (κ3) is 1.82. The molecule has 5 heteroatoms. The van der Waals surface area contributed by atoms with E-state index in [0.29, 0.717) is 0 Å². The fourth-order valence-electron chi connectivity index (χ4n) is 5.01. The minimum absolute atomic E-state index is 0.817. The van der Waals surface area contributed by atoms with E-state index in [1.54, 1.807) is 0 Å². The number of nitrogens with zero attached hydrogens (tertiary/aromatic N) is 3. The lowest BCUT2D eigenvalue weighted by atomic mass is 10.0.